The van der Waals surface area contributed by atoms with Gasteiger partial charge in [-0.3, -0.25) is 9.36 Å². The number of rotatable bonds is 0. The van der Waals surface area contributed by atoms with Crippen LogP contribution in [-0.4, -0.2) is 15.3 Å². The highest BCUT2D eigenvalue weighted by Crippen LogP contribution is 2.26. The maximum atomic E-state index is 11.7. The van der Waals surface area contributed by atoms with E-state index in [1.54, 1.807) is 16.3 Å². The summed E-state index contributed by atoms with van der Waals surface area (Å²) in [5.41, 5.74) is 10.9. The third-order valence-corrected chi connectivity index (χ3v) is 3.50. The zero-order valence-corrected chi connectivity index (χ0v) is 8.67. The molecule has 5 nitrogen and oxygen atoms in total. The van der Waals surface area contributed by atoms with E-state index in [0.717, 1.165) is 5.75 Å². The van der Waals surface area contributed by atoms with Crippen molar-refractivity contribution in [3.8, 4) is 0 Å². The number of thioether (sulfide) groups is 1. The van der Waals surface area contributed by atoms with Gasteiger partial charge >= 0.3 is 0 Å². The molecule has 0 aromatic carbocycles. The highest BCUT2D eigenvalue weighted by atomic mass is 32.2. The first-order valence-electron chi connectivity index (χ1n) is 4.38. The molecule has 1 unspecified atom stereocenters. The molecular formula is C8H12N4OS. The molecule has 0 amide bonds. The minimum absolute atomic E-state index is 0.0588. The predicted octanol–water partition coefficient (Wildman–Crippen LogP) is 0.149. The molecule has 0 aliphatic carbocycles. The summed E-state index contributed by atoms with van der Waals surface area (Å²) >= 11 is 1.55. The summed E-state index contributed by atoms with van der Waals surface area (Å²) in [5.74, 6) is 1.58. The van der Waals surface area contributed by atoms with Crippen LogP contribution in [0.5, 0.6) is 0 Å². The zero-order chi connectivity index (χ0) is 10.3. The minimum Gasteiger partial charge on any atom is -0.391 e. The first-order valence-corrected chi connectivity index (χ1v) is 5.36. The lowest BCUT2D eigenvalue weighted by Crippen LogP contribution is -2.32. The Balaban J connectivity index is 2.61. The van der Waals surface area contributed by atoms with Crippen LogP contribution < -0.4 is 17.0 Å². The van der Waals surface area contributed by atoms with Gasteiger partial charge in [0.15, 0.2) is 11.0 Å². The Bertz CT molecular complexity index is 428. The summed E-state index contributed by atoms with van der Waals surface area (Å²) in [5, 5.41) is 0.680. The Kier molecular flexibility index (Phi) is 2.14. The van der Waals surface area contributed by atoms with Gasteiger partial charge < -0.3 is 11.5 Å². The molecule has 0 saturated heterocycles. The van der Waals surface area contributed by atoms with Crippen molar-refractivity contribution in [1.29, 1.82) is 0 Å². The van der Waals surface area contributed by atoms with Gasteiger partial charge in [0.2, 0.25) is 0 Å². The summed E-state index contributed by atoms with van der Waals surface area (Å²) in [6, 6.07) is 0. The molecule has 76 valence electrons. The Morgan fingerprint density at radius 2 is 2.29 bits per heavy atom. The van der Waals surface area contributed by atoms with Gasteiger partial charge in [0, 0.05) is 12.3 Å². The maximum Gasteiger partial charge on any atom is 0.279 e. The standard InChI is InChI=1S/C8H12N4OS/c1-4-2-12-7(13)5(9)6(10)11-8(12)14-3-4/h4H,2-3,9-10H2,1H3. The van der Waals surface area contributed by atoms with Crippen molar-refractivity contribution in [2.45, 2.75) is 18.6 Å². The second kappa shape index (κ2) is 3.20. The van der Waals surface area contributed by atoms with E-state index in [1.165, 1.54) is 0 Å². The van der Waals surface area contributed by atoms with Crippen LogP contribution in [0.3, 0.4) is 0 Å². The van der Waals surface area contributed by atoms with E-state index in [9.17, 15) is 4.79 Å². The van der Waals surface area contributed by atoms with Crippen molar-refractivity contribution in [2.75, 3.05) is 17.2 Å². The van der Waals surface area contributed by atoms with Gasteiger partial charge in [-0.15, -0.1) is 0 Å². The molecule has 14 heavy (non-hydrogen) atoms. The largest absolute Gasteiger partial charge is 0.391 e. The van der Waals surface area contributed by atoms with Crippen molar-refractivity contribution in [3.05, 3.63) is 10.4 Å². The number of aromatic nitrogens is 2. The number of fused-ring (bicyclic) bond motifs is 1. The van der Waals surface area contributed by atoms with Crippen LogP contribution in [0, 0.1) is 5.92 Å². The molecule has 2 rings (SSSR count). The number of hydrogen-bond donors (Lipinski definition) is 2. The van der Waals surface area contributed by atoms with Crippen molar-refractivity contribution >= 4 is 23.3 Å². The van der Waals surface area contributed by atoms with E-state index < -0.39 is 0 Å². The minimum atomic E-state index is -0.216. The molecule has 1 aliphatic rings. The van der Waals surface area contributed by atoms with Crippen molar-refractivity contribution < 1.29 is 0 Å². The van der Waals surface area contributed by atoms with Gasteiger partial charge in [-0.1, -0.05) is 18.7 Å². The summed E-state index contributed by atoms with van der Waals surface area (Å²) in [4.78, 5) is 15.8. The van der Waals surface area contributed by atoms with Gasteiger partial charge in [-0.25, -0.2) is 4.98 Å². The van der Waals surface area contributed by atoms with Gasteiger partial charge in [0.05, 0.1) is 0 Å². The van der Waals surface area contributed by atoms with Crippen LogP contribution in [0.2, 0.25) is 0 Å². The summed E-state index contributed by atoms with van der Waals surface area (Å²) in [6.07, 6.45) is 0. The Morgan fingerprint density at radius 3 is 3.00 bits per heavy atom. The number of hydrogen-bond acceptors (Lipinski definition) is 5. The first-order chi connectivity index (χ1) is 6.59. The molecule has 0 saturated carbocycles. The number of anilines is 2. The number of nitrogens with zero attached hydrogens (tertiary/aromatic N) is 2. The molecule has 0 radical (unpaired) electrons. The highest BCUT2D eigenvalue weighted by molar-refractivity contribution is 7.99. The third-order valence-electron chi connectivity index (χ3n) is 2.19. The van der Waals surface area contributed by atoms with E-state index in [2.05, 4.69) is 11.9 Å². The molecule has 0 fully saturated rings. The molecule has 0 bridgehead atoms. The summed E-state index contributed by atoms with van der Waals surface area (Å²) in [6.45, 7) is 2.77. The molecule has 6 heteroatoms. The van der Waals surface area contributed by atoms with Gasteiger partial charge in [0.1, 0.15) is 5.69 Å². The van der Waals surface area contributed by atoms with Gasteiger partial charge in [-0.2, -0.15) is 0 Å². The van der Waals surface area contributed by atoms with Crippen molar-refractivity contribution in [1.82, 2.24) is 9.55 Å². The maximum absolute atomic E-state index is 11.7. The number of nitrogens with two attached hydrogens (primary N) is 2. The molecule has 1 aromatic rings. The first kappa shape index (κ1) is 9.39. The lowest BCUT2D eigenvalue weighted by atomic mass is 10.2. The van der Waals surface area contributed by atoms with Crippen LogP contribution in [-0.2, 0) is 6.54 Å². The van der Waals surface area contributed by atoms with E-state index in [0.29, 0.717) is 17.6 Å². The van der Waals surface area contributed by atoms with Crippen LogP contribution in [0.1, 0.15) is 6.92 Å². The van der Waals surface area contributed by atoms with Crippen molar-refractivity contribution in [3.63, 3.8) is 0 Å². The van der Waals surface area contributed by atoms with Gasteiger partial charge in [0.25, 0.3) is 5.56 Å². The predicted molar refractivity (Wildman–Crippen MR) is 57.2 cm³/mol. The van der Waals surface area contributed by atoms with Gasteiger partial charge in [-0.05, 0) is 5.92 Å². The monoisotopic (exact) mass is 212 g/mol. The lowest BCUT2D eigenvalue weighted by molar-refractivity contribution is 0.462. The quantitative estimate of drug-likeness (QED) is 0.598. The zero-order valence-electron chi connectivity index (χ0n) is 7.86. The molecular weight excluding hydrogens is 200 g/mol. The summed E-state index contributed by atoms with van der Waals surface area (Å²) < 4.78 is 1.60. The van der Waals surface area contributed by atoms with Crippen LogP contribution in [0.25, 0.3) is 0 Å². The number of nitrogen functional groups attached to an aromatic ring is 2. The third kappa shape index (κ3) is 1.35. The average Bonchev–Trinajstić information content (AvgIpc) is 2.16. The average molecular weight is 212 g/mol. The normalized spacial score (nSPS) is 20.5. The summed E-state index contributed by atoms with van der Waals surface area (Å²) in [7, 11) is 0. The fourth-order valence-corrected chi connectivity index (χ4v) is 2.43. The molecule has 2 heterocycles. The second-order valence-electron chi connectivity index (χ2n) is 3.53. The Morgan fingerprint density at radius 1 is 1.57 bits per heavy atom. The van der Waals surface area contributed by atoms with E-state index in [1.807, 2.05) is 0 Å². The van der Waals surface area contributed by atoms with Crippen LogP contribution in [0.15, 0.2) is 9.95 Å². The van der Waals surface area contributed by atoms with E-state index in [4.69, 9.17) is 11.5 Å². The van der Waals surface area contributed by atoms with Crippen LogP contribution in [0.4, 0.5) is 11.5 Å². The lowest BCUT2D eigenvalue weighted by Gasteiger charge is -2.22. The molecule has 1 atom stereocenters. The Labute approximate surface area is 85.5 Å². The Hall–Kier alpha value is -1.17. The SMILES string of the molecule is CC1CSc2nc(N)c(N)c(=O)n2C1. The molecule has 1 aromatic heterocycles. The second-order valence-corrected chi connectivity index (χ2v) is 4.51. The highest BCUT2D eigenvalue weighted by Gasteiger charge is 2.20. The van der Waals surface area contributed by atoms with Crippen LogP contribution >= 0.6 is 11.8 Å². The molecule has 1 aliphatic heterocycles. The van der Waals surface area contributed by atoms with E-state index in [-0.39, 0.29) is 17.1 Å². The fourth-order valence-electron chi connectivity index (χ4n) is 1.42. The van der Waals surface area contributed by atoms with E-state index >= 15 is 0 Å². The molecule has 0 spiro atoms. The fraction of sp³-hybridized carbons (Fsp3) is 0.500. The smallest absolute Gasteiger partial charge is 0.279 e. The van der Waals surface area contributed by atoms with Crippen molar-refractivity contribution in [2.24, 2.45) is 5.92 Å². The topological polar surface area (TPSA) is 86.9 Å². The molecule has 4 N–H and O–H groups in total.